The Kier molecular flexibility index (Phi) is 5.25. The van der Waals surface area contributed by atoms with Crippen molar-refractivity contribution in [2.75, 3.05) is 20.2 Å². The van der Waals surface area contributed by atoms with E-state index in [1.807, 2.05) is 40.6 Å². The summed E-state index contributed by atoms with van der Waals surface area (Å²) in [4.78, 5) is 18.7. The van der Waals surface area contributed by atoms with E-state index in [9.17, 15) is 4.79 Å². The minimum absolute atomic E-state index is 0.00163. The zero-order valence-corrected chi connectivity index (χ0v) is 13.9. The van der Waals surface area contributed by atoms with Gasteiger partial charge in [-0.2, -0.15) is 0 Å². The van der Waals surface area contributed by atoms with Crippen molar-refractivity contribution in [1.29, 1.82) is 0 Å². The quantitative estimate of drug-likeness (QED) is 0.845. The van der Waals surface area contributed by atoms with E-state index in [1.165, 1.54) is 11.3 Å². The number of hydrogen-bond acceptors (Lipinski definition) is 5. The largest absolute Gasteiger partial charge is 0.490 e. The molecule has 2 heterocycles. The Labute approximate surface area is 139 Å². The van der Waals surface area contributed by atoms with E-state index in [0.717, 1.165) is 23.6 Å². The molecule has 0 bridgehead atoms. The van der Waals surface area contributed by atoms with Crippen LogP contribution in [0.4, 0.5) is 0 Å². The summed E-state index contributed by atoms with van der Waals surface area (Å²) in [6, 6.07) is 9.83. The molecule has 3 rings (SSSR count). The van der Waals surface area contributed by atoms with E-state index >= 15 is 0 Å². The number of thiazole rings is 1. The molecule has 23 heavy (non-hydrogen) atoms. The van der Waals surface area contributed by atoms with Crippen molar-refractivity contribution < 1.29 is 14.3 Å². The van der Waals surface area contributed by atoms with Crippen LogP contribution in [0.25, 0.3) is 0 Å². The molecule has 1 aromatic carbocycles. The van der Waals surface area contributed by atoms with Gasteiger partial charge in [-0.05, 0) is 12.1 Å². The van der Waals surface area contributed by atoms with E-state index in [2.05, 4.69) is 4.98 Å². The number of amides is 1. The highest BCUT2D eigenvalue weighted by atomic mass is 32.1. The van der Waals surface area contributed by atoms with E-state index < -0.39 is 0 Å². The number of rotatable bonds is 5. The lowest BCUT2D eigenvalue weighted by molar-refractivity contribution is 0.0590. The molecule has 0 radical (unpaired) electrons. The third-order valence-corrected chi connectivity index (χ3v) is 4.64. The number of carbonyl (C=O) groups is 1. The molecule has 1 fully saturated rings. The first-order valence-corrected chi connectivity index (χ1v) is 8.58. The van der Waals surface area contributed by atoms with Gasteiger partial charge in [0.2, 0.25) is 0 Å². The van der Waals surface area contributed by atoms with Crippen LogP contribution in [0.15, 0.2) is 35.7 Å². The molecule has 1 amide bonds. The number of piperidine rings is 1. The van der Waals surface area contributed by atoms with Gasteiger partial charge in [0.25, 0.3) is 5.91 Å². The maximum absolute atomic E-state index is 12.5. The van der Waals surface area contributed by atoms with Gasteiger partial charge in [0.1, 0.15) is 22.6 Å². The second-order valence-electron chi connectivity index (χ2n) is 5.48. The van der Waals surface area contributed by atoms with Crippen LogP contribution in [0.1, 0.15) is 28.3 Å². The number of para-hydroxylation sites is 1. The molecular weight excluding hydrogens is 312 g/mol. The van der Waals surface area contributed by atoms with Crippen molar-refractivity contribution >= 4 is 17.2 Å². The third-order valence-electron chi connectivity index (χ3n) is 3.81. The van der Waals surface area contributed by atoms with Crippen LogP contribution in [0.2, 0.25) is 0 Å². The molecular formula is C17H20N2O3S. The smallest absolute Gasteiger partial charge is 0.273 e. The van der Waals surface area contributed by atoms with Gasteiger partial charge >= 0.3 is 0 Å². The zero-order valence-electron chi connectivity index (χ0n) is 13.1. The Morgan fingerprint density at radius 1 is 1.30 bits per heavy atom. The van der Waals surface area contributed by atoms with Crippen LogP contribution in [0.3, 0.4) is 0 Å². The Morgan fingerprint density at radius 3 is 2.74 bits per heavy atom. The fourth-order valence-electron chi connectivity index (χ4n) is 2.63. The van der Waals surface area contributed by atoms with Gasteiger partial charge in [0.15, 0.2) is 0 Å². The monoisotopic (exact) mass is 332 g/mol. The fourth-order valence-corrected chi connectivity index (χ4v) is 3.37. The minimum Gasteiger partial charge on any atom is -0.490 e. The minimum atomic E-state index is 0.00163. The first-order chi connectivity index (χ1) is 11.3. The van der Waals surface area contributed by atoms with Crippen molar-refractivity contribution in [3.05, 3.63) is 46.4 Å². The lowest BCUT2D eigenvalue weighted by Gasteiger charge is -2.31. The van der Waals surface area contributed by atoms with Crippen LogP contribution < -0.4 is 4.74 Å². The molecule has 122 valence electrons. The van der Waals surface area contributed by atoms with E-state index in [4.69, 9.17) is 9.47 Å². The average molecular weight is 332 g/mol. The van der Waals surface area contributed by atoms with Gasteiger partial charge in [0.05, 0.1) is 6.61 Å². The third kappa shape index (κ3) is 4.09. The highest BCUT2D eigenvalue weighted by Gasteiger charge is 2.26. The Balaban J connectivity index is 1.52. The van der Waals surface area contributed by atoms with Gasteiger partial charge < -0.3 is 14.4 Å². The molecule has 5 nitrogen and oxygen atoms in total. The molecule has 1 aliphatic rings. The predicted molar refractivity (Wildman–Crippen MR) is 88.8 cm³/mol. The van der Waals surface area contributed by atoms with Crippen LogP contribution in [-0.2, 0) is 11.3 Å². The van der Waals surface area contributed by atoms with Gasteiger partial charge in [-0.3, -0.25) is 4.79 Å². The van der Waals surface area contributed by atoms with Crippen LogP contribution in [0.5, 0.6) is 5.75 Å². The number of carbonyl (C=O) groups excluding carboxylic acids is 1. The highest BCUT2D eigenvalue weighted by molar-refractivity contribution is 7.09. The zero-order chi connectivity index (χ0) is 16.1. The normalized spacial score (nSPS) is 15.6. The van der Waals surface area contributed by atoms with Gasteiger partial charge in [-0.1, -0.05) is 18.2 Å². The first-order valence-electron chi connectivity index (χ1n) is 7.70. The fraction of sp³-hybridized carbons (Fsp3) is 0.412. The molecule has 2 aromatic rings. The van der Waals surface area contributed by atoms with Crippen molar-refractivity contribution in [3.8, 4) is 5.75 Å². The summed E-state index contributed by atoms with van der Waals surface area (Å²) < 4.78 is 11.0. The summed E-state index contributed by atoms with van der Waals surface area (Å²) in [5, 5.41) is 2.64. The van der Waals surface area contributed by atoms with Crippen molar-refractivity contribution in [1.82, 2.24) is 9.88 Å². The topological polar surface area (TPSA) is 51.7 Å². The summed E-state index contributed by atoms with van der Waals surface area (Å²) in [5.74, 6) is 0.891. The predicted octanol–water partition coefficient (Wildman–Crippen LogP) is 2.97. The molecule has 0 spiro atoms. The molecule has 1 aromatic heterocycles. The second-order valence-corrected chi connectivity index (χ2v) is 6.42. The second kappa shape index (κ2) is 7.57. The summed E-state index contributed by atoms with van der Waals surface area (Å²) in [5.41, 5.74) is 0.518. The first kappa shape index (κ1) is 16.0. The van der Waals surface area contributed by atoms with Crippen molar-refractivity contribution in [2.45, 2.75) is 25.6 Å². The van der Waals surface area contributed by atoms with Crippen LogP contribution in [0, 0.1) is 0 Å². The Hall–Kier alpha value is -1.92. The summed E-state index contributed by atoms with van der Waals surface area (Å²) in [6.45, 7) is 1.85. The molecule has 1 aliphatic heterocycles. The highest BCUT2D eigenvalue weighted by Crippen LogP contribution is 2.20. The van der Waals surface area contributed by atoms with Crippen LogP contribution in [-0.4, -0.2) is 42.1 Å². The Morgan fingerprint density at radius 2 is 2.04 bits per heavy atom. The molecule has 0 unspecified atom stereocenters. The summed E-state index contributed by atoms with van der Waals surface area (Å²) in [7, 11) is 1.63. The molecule has 6 heteroatoms. The lowest BCUT2D eigenvalue weighted by Crippen LogP contribution is -2.41. The molecule has 0 atom stereocenters. The number of hydrogen-bond donors (Lipinski definition) is 0. The molecule has 0 aliphatic carbocycles. The molecule has 1 saturated heterocycles. The summed E-state index contributed by atoms with van der Waals surface area (Å²) in [6.07, 6.45) is 1.85. The van der Waals surface area contributed by atoms with E-state index in [1.54, 1.807) is 7.11 Å². The standard InChI is InChI=1S/C17H20N2O3S/c1-21-11-16-18-15(12-23-16)17(20)19-9-7-14(8-10-19)22-13-5-3-2-4-6-13/h2-6,12,14H,7-11H2,1H3. The van der Waals surface area contributed by atoms with E-state index in [-0.39, 0.29) is 12.0 Å². The number of ether oxygens (including phenoxy) is 2. The van der Waals surface area contributed by atoms with E-state index in [0.29, 0.717) is 25.4 Å². The van der Waals surface area contributed by atoms with Gasteiger partial charge in [-0.25, -0.2) is 4.98 Å². The number of nitrogens with zero attached hydrogens (tertiary/aromatic N) is 2. The Bertz CT molecular complexity index is 636. The van der Waals surface area contributed by atoms with Crippen molar-refractivity contribution in [2.24, 2.45) is 0 Å². The number of benzene rings is 1. The number of aromatic nitrogens is 1. The maximum Gasteiger partial charge on any atom is 0.273 e. The summed E-state index contributed by atoms with van der Waals surface area (Å²) >= 11 is 1.46. The van der Waals surface area contributed by atoms with Crippen molar-refractivity contribution in [3.63, 3.8) is 0 Å². The average Bonchev–Trinajstić information content (AvgIpc) is 3.05. The maximum atomic E-state index is 12.5. The number of methoxy groups -OCH3 is 1. The number of likely N-dealkylation sites (tertiary alicyclic amines) is 1. The van der Waals surface area contributed by atoms with Gasteiger partial charge in [0, 0.05) is 38.4 Å². The molecule has 0 saturated carbocycles. The lowest BCUT2D eigenvalue weighted by atomic mass is 10.1. The molecule has 0 N–H and O–H groups in total. The van der Waals surface area contributed by atoms with Gasteiger partial charge in [-0.15, -0.1) is 11.3 Å². The SMILES string of the molecule is COCc1nc(C(=O)N2CCC(Oc3ccccc3)CC2)cs1. The van der Waals surface area contributed by atoms with Crippen LogP contribution >= 0.6 is 11.3 Å².